The fourth-order valence-corrected chi connectivity index (χ4v) is 2.50. The number of hydrogen-bond donors (Lipinski definition) is 1. The zero-order valence-electron chi connectivity index (χ0n) is 14.2. The minimum absolute atomic E-state index is 0.168. The summed E-state index contributed by atoms with van der Waals surface area (Å²) in [6.45, 7) is 0. The van der Waals surface area contributed by atoms with Crippen molar-refractivity contribution >= 4 is 5.95 Å². The van der Waals surface area contributed by atoms with E-state index in [1.54, 1.807) is 45.9 Å². The Morgan fingerprint density at radius 1 is 0.760 bits per heavy atom. The van der Waals surface area contributed by atoms with Crippen LogP contribution in [0.15, 0.2) is 42.7 Å². The maximum absolute atomic E-state index is 5.92. The highest BCUT2D eigenvalue weighted by atomic mass is 16.5. The van der Waals surface area contributed by atoms with Gasteiger partial charge in [0.05, 0.1) is 32.7 Å². The van der Waals surface area contributed by atoms with Gasteiger partial charge in [-0.05, 0) is 24.3 Å². The number of benzene rings is 1. The molecule has 0 fully saturated rings. The molecule has 3 aromatic rings. The molecule has 0 radical (unpaired) electrons. The fourth-order valence-electron chi connectivity index (χ4n) is 2.50. The number of anilines is 1. The molecule has 0 aliphatic rings. The monoisotopic (exact) mass is 338 g/mol. The Bertz CT molecular complexity index is 885. The molecule has 1 aromatic carbocycles. The van der Waals surface area contributed by atoms with Crippen LogP contribution >= 0.6 is 0 Å². The highest BCUT2D eigenvalue weighted by Gasteiger charge is 2.16. The van der Waals surface area contributed by atoms with Gasteiger partial charge in [0.2, 0.25) is 5.95 Å². The van der Waals surface area contributed by atoms with Gasteiger partial charge in [-0.3, -0.25) is 4.98 Å². The molecule has 0 aliphatic heterocycles. The van der Waals surface area contributed by atoms with E-state index in [1.807, 2.05) is 18.2 Å². The highest BCUT2D eigenvalue weighted by Crippen LogP contribution is 2.40. The second kappa shape index (κ2) is 7.04. The molecule has 0 spiro atoms. The number of nitrogen functional groups attached to an aromatic ring is 1. The van der Waals surface area contributed by atoms with Crippen LogP contribution in [0.2, 0.25) is 0 Å². The van der Waals surface area contributed by atoms with Crippen molar-refractivity contribution in [2.45, 2.75) is 0 Å². The first-order chi connectivity index (χ1) is 12.2. The third-order valence-corrected chi connectivity index (χ3v) is 3.70. The average molecular weight is 338 g/mol. The fraction of sp³-hybridized carbons (Fsp3) is 0.167. The first kappa shape index (κ1) is 16.5. The zero-order chi connectivity index (χ0) is 17.8. The summed E-state index contributed by atoms with van der Waals surface area (Å²) in [5.74, 6) is 1.90. The van der Waals surface area contributed by atoms with E-state index < -0.39 is 0 Å². The smallest absolute Gasteiger partial charge is 0.221 e. The third kappa shape index (κ3) is 3.30. The molecule has 2 heterocycles. The second-order valence-corrected chi connectivity index (χ2v) is 5.14. The lowest BCUT2D eigenvalue weighted by atomic mass is 10.1. The topological polar surface area (TPSA) is 92.4 Å². The molecule has 0 aliphatic carbocycles. The van der Waals surface area contributed by atoms with E-state index in [0.717, 1.165) is 11.1 Å². The molecule has 0 atom stereocenters. The second-order valence-electron chi connectivity index (χ2n) is 5.14. The molecular formula is C18H18N4O3. The van der Waals surface area contributed by atoms with Crippen molar-refractivity contribution in [3.8, 4) is 39.8 Å². The van der Waals surface area contributed by atoms with E-state index in [9.17, 15) is 0 Å². The lowest BCUT2D eigenvalue weighted by molar-refractivity contribution is 0.349. The standard InChI is InChI=1S/C18H18N4O3/c1-23-15-10-17(25-3)16(24-2)8-12(15)14-9-13(21-18(19)22-14)11-4-6-20-7-5-11/h4-10H,1-3H3,(H2,19,21,22). The first-order valence-corrected chi connectivity index (χ1v) is 7.51. The van der Waals surface area contributed by atoms with E-state index in [0.29, 0.717) is 28.6 Å². The van der Waals surface area contributed by atoms with Crippen molar-refractivity contribution in [2.24, 2.45) is 0 Å². The summed E-state index contributed by atoms with van der Waals surface area (Å²) in [4.78, 5) is 12.7. The number of ether oxygens (including phenoxy) is 3. The molecule has 7 nitrogen and oxygen atoms in total. The van der Waals surface area contributed by atoms with E-state index in [2.05, 4.69) is 15.0 Å². The van der Waals surface area contributed by atoms with Gasteiger partial charge in [-0.15, -0.1) is 0 Å². The maximum atomic E-state index is 5.92. The minimum atomic E-state index is 0.168. The molecule has 2 N–H and O–H groups in total. The van der Waals surface area contributed by atoms with E-state index in [4.69, 9.17) is 19.9 Å². The number of nitrogens with two attached hydrogens (primary N) is 1. The molecule has 25 heavy (non-hydrogen) atoms. The summed E-state index contributed by atoms with van der Waals surface area (Å²) >= 11 is 0. The molecule has 0 saturated heterocycles. The minimum Gasteiger partial charge on any atom is -0.496 e. The molecule has 0 bridgehead atoms. The largest absolute Gasteiger partial charge is 0.496 e. The van der Waals surface area contributed by atoms with Gasteiger partial charge in [0, 0.05) is 29.6 Å². The Morgan fingerprint density at radius 3 is 2.00 bits per heavy atom. The van der Waals surface area contributed by atoms with Crippen LogP contribution in [-0.4, -0.2) is 36.3 Å². The summed E-state index contributed by atoms with van der Waals surface area (Å²) in [5.41, 5.74) is 8.86. The molecular weight excluding hydrogens is 320 g/mol. The number of aromatic nitrogens is 3. The number of pyridine rings is 1. The maximum Gasteiger partial charge on any atom is 0.221 e. The highest BCUT2D eigenvalue weighted by molar-refractivity contribution is 5.75. The summed E-state index contributed by atoms with van der Waals surface area (Å²) < 4.78 is 16.2. The van der Waals surface area contributed by atoms with Crippen molar-refractivity contribution in [1.82, 2.24) is 15.0 Å². The molecule has 0 amide bonds. The molecule has 3 rings (SSSR count). The summed E-state index contributed by atoms with van der Waals surface area (Å²) in [7, 11) is 4.73. The van der Waals surface area contributed by atoms with E-state index in [1.165, 1.54) is 0 Å². The Hall–Kier alpha value is -3.35. The Kier molecular flexibility index (Phi) is 4.65. The van der Waals surface area contributed by atoms with Crippen LogP contribution in [0.5, 0.6) is 17.2 Å². The number of rotatable bonds is 5. The first-order valence-electron chi connectivity index (χ1n) is 7.51. The van der Waals surface area contributed by atoms with Crippen molar-refractivity contribution in [3.05, 3.63) is 42.7 Å². The number of nitrogens with zero attached hydrogens (tertiary/aromatic N) is 3. The molecule has 2 aromatic heterocycles. The predicted octanol–water partition coefficient (Wildman–Crippen LogP) is 2.81. The van der Waals surface area contributed by atoms with Gasteiger partial charge in [-0.1, -0.05) is 0 Å². The number of hydrogen-bond acceptors (Lipinski definition) is 7. The lowest BCUT2D eigenvalue weighted by Crippen LogP contribution is -2.00. The van der Waals surface area contributed by atoms with Crippen molar-refractivity contribution in [2.75, 3.05) is 27.1 Å². The van der Waals surface area contributed by atoms with Crippen LogP contribution in [0.3, 0.4) is 0 Å². The third-order valence-electron chi connectivity index (χ3n) is 3.70. The Morgan fingerprint density at radius 2 is 1.36 bits per heavy atom. The summed E-state index contributed by atoms with van der Waals surface area (Å²) in [5, 5.41) is 0. The van der Waals surface area contributed by atoms with Crippen LogP contribution in [0.25, 0.3) is 22.5 Å². The van der Waals surface area contributed by atoms with Gasteiger partial charge in [-0.25, -0.2) is 9.97 Å². The average Bonchev–Trinajstić information content (AvgIpc) is 2.67. The van der Waals surface area contributed by atoms with Crippen LogP contribution < -0.4 is 19.9 Å². The summed E-state index contributed by atoms with van der Waals surface area (Å²) in [6, 6.07) is 9.11. The van der Waals surface area contributed by atoms with Gasteiger partial charge in [-0.2, -0.15) is 0 Å². The predicted molar refractivity (Wildman–Crippen MR) is 94.8 cm³/mol. The van der Waals surface area contributed by atoms with E-state index in [-0.39, 0.29) is 5.95 Å². The van der Waals surface area contributed by atoms with Gasteiger partial charge in [0.25, 0.3) is 0 Å². The van der Waals surface area contributed by atoms with Gasteiger partial charge in [0.1, 0.15) is 5.75 Å². The quantitative estimate of drug-likeness (QED) is 0.764. The van der Waals surface area contributed by atoms with Crippen LogP contribution in [0.4, 0.5) is 5.95 Å². The SMILES string of the molecule is COc1cc(OC)c(-c2cc(-c3ccncc3)nc(N)n2)cc1OC. The lowest BCUT2D eigenvalue weighted by Gasteiger charge is -2.14. The summed E-state index contributed by atoms with van der Waals surface area (Å²) in [6.07, 6.45) is 3.40. The Balaban J connectivity index is 2.18. The van der Waals surface area contributed by atoms with Crippen LogP contribution in [0.1, 0.15) is 0 Å². The molecule has 0 saturated carbocycles. The van der Waals surface area contributed by atoms with Gasteiger partial charge >= 0.3 is 0 Å². The van der Waals surface area contributed by atoms with Crippen molar-refractivity contribution < 1.29 is 14.2 Å². The molecule has 128 valence electrons. The molecule has 7 heteroatoms. The van der Waals surface area contributed by atoms with Crippen LogP contribution in [0, 0.1) is 0 Å². The van der Waals surface area contributed by atoms with Crippen molar-refractivity contribution in [1.29, 1.82) is 0 Å². The van der Waals surface area contributed by atoms with E-state index >= 15 is 0 Å². The molecule has 0 unspecified atom stereocenters. The number of methoxy groups -OCH3 is 3. The van der Waals surface area contributed by atoms with Crippen molar-refractivity contribution in [3.63, 3.8) is 0 Å². The van der Waals surface area contributed by atoms with Crippen LogP contribution in [-0.2, 0) is 0 Å². The van der Waals surface area contributed by atoms with Gasteiger partial charge in [0.15, 0.2) is 11.5 Å². The normalized spacial score (nSPS) is 10.4. The zero-order valence-corrected chi connectivity index (χ0v) is 14.2. The van der Waals surface area contributed by atoms with Gasteiger partial charge < -0.3 is 19.9 Å². The Labute approximate surface area is 145 Å².